The van der Waals surface area contributed by atoms with Gasteiger partial charge in [-0.2, -0.15) is 0 Å². The number of rotatable bonds is 2. The van der Waals surface area contributed by atoms with Crippen molar-refractivity contribution in [3.63, 3.8) is 0 Å². The molecule has 4 nitrogen and oxygen atoms in total. The van der Waals surface area contributed by atoms with Crippen LogP contribution in [0.1, 0.15) is 13.8 Å². The Morgan fingerprint density at radius 2 is 2.00 bits per heavy atom. The highest BCUT2D eigenvalue weighted by Gasteiger charge is 2.42. The lowest BCUT2D eigenvalue weighted by Crippen LogP contribution is -2.56. The molecule has 1 rings (SSSR count). The molecule has 4 N–H and O–H groups in total. The summed E-state index contributed by atoms with van der Waals surface area (Å²) in [4.78, 5) is 22.7. The van der Waals surface area contributed by atoms with E-state index in [9.17, 15) is 9.59 Å². The van der Waals surface area contributed by atoms with Gasteiger partial charge in [-0.15, -0.1) is 0 Å². The first-order chi connectivity index (χ1) is 6.39. The van der Waals surface area contributed by atoms with Crippen molar-refractivity contribution in [2.24, 2.45) is 17.4 Å². The molecule has 0 aromatic heterocycles. The molecule has 4 heteroatoms. The summed E-state index contributed by atoms with van der Waals surface area (Å²) in [6, 6.07) is 0. The second-order valence-electron chi connectivity index (χ2n) is 3.56. The van der Waals surface area contributed by atoms with Crippen molar-refractivity contribution in [1.82, 2.24) is 0 Å². The van der Waals surface area contributed by atoms with Gasteiger partial charge in [0.25, 0.3) is 0 Å². The van der Waals surface area contributed by atoms with E-state index in [-0.39, 0.29) is 11.6 Å². The third-order valence-electron chi connectivity index (χ3n) is 2.49. The van der Waals surface area contributed by atoms with Gasteiger partial charge in [-0.3, -0.25) is 9.59 Å². The molecule has 0 fully saturated rings. The Morgan fingerprint density at radius 1 is 1.43 bits per heavy atom. The summed E-state index contributed by atoms with van der Waals surface area (Å²) >= 11 is 0. The predicted octanol–water partition coefficient (Wildman–Crippen LogP) is -0.109. The molecule has 0 aromatic carbocycles. The van der Waals surface area contributed by atoms with Gasteiger partial charge in [-0.25, -0.2) is 0 Å². The molecule has 14 heavy (non-hydrogen) atoms. The molecule has 1 aliphatic rings. The lowest BCUT2D eigenvalue weighted by atomic mass is 9.75. The van der Waals surface area contributed by atoms with Crippen LogP contribution in [0.3, 0.4) is 0 Å². The van der Waals surface area contributed by atoms with E-state index < -0.39 is 11.5 Å². The van der Waals surface area contributed by atoms with Crippen LogP contribution in [0, 0.1) is 5.92 Å². The Balaban J connectivity index is 3.20. The van der Waals surface area contributed by atoms with E-state index in [4.69, 9.17) is 11.5 Å². The summed E-state index contributed by atoms with van der Waals surface area (Å²) in [6.45, 7) is 2.74. The standard InChI is InChI=1S/C10H14N2O2/c1-6(13)9-8(11)4-3-5-10(9,12)7(2)14/h3-5,9H,11-12H2,1-2H3. The zero-order valence-corrected chi connectivity index (χ0v) is 8.28. The fourth-order valence-corrected chi connectivity index (χ4v) is 1.68. The van der Waals surface area contributed by atoms with E-state index in [1.807, 2.05) is 0 Å². The van der Waals surface area contributed by atoms with Gasteiger partial charge in [0.2, 0.25) is 0 Å². The summed E-state index contributed by atoms with van der Waals surface area (Å²) in [5.41, 5.74) is 10.6. The highest BCUT2D eigenvalue weighted by molar-refractivity contribution is 5.97. The van der Waals surface area contributed by atoms with Crippen molar-refractivity contribution in [1.29, 1.82) is 0 Å². The van der Waals surface area contributed by atoms with Crippen LogP contribution in [-0.4, -0.2) is 17.1 Å². The molecular weight excluding hydrogens is 180 g/mol. The molecule has 2 atom stereocenters. The number of carbonyl (C=O) groups excluding carboxylic acids is 2. The smallest absolute Gasteiger partial charge is 0.154 e. The Kier molecular flexibility index (Phi) is 2.57. The van der Waals surface area contributed by atoms with Crippen molar-refractivity contribution >= 4 is 11.6 Å². The average molecular weight is 194 g/mol. The van der Waals surface area contributed by atoms with Gasteiger partial charge < -0.3 is 11.5 Å². The summed E-state index contributed by atoms with van der Waals surface area (Å²) in [5, 5.41) is 0. The zero-order valence-electron chi connectivity index (χ0n) is 8.28. The Hall–Kier alpha value is -1.42. The van der Waals surface area contributed by atoms with Gasteiger partial charge in [0.05, 0.1) is 5.92 Å². The molecular formula is C10H14N2O2. The third kappa shape index (κ3) is 1.48. The lowest BCUT2D eigenvalue weighted by molar-refractivity contribution is -0.128. The number of carbonyl (C=O) groups is 2. The monoisotopic (exact) mass is 194 g/mol. The van der Waals surface area contributed by atoms with Gasteiger partial charge in [-0.05, 0) is 19.9 Å². The Bertz CT molecular complexity index is 344. The molecule has 1 aliphatic carbocycles. The van der Waals surface area contributed by atoms with Crippen molar-refractivity contribution in [2.45, 2.75) is 19.4 Å². The maximum absolute atomic E-state index is 11.4. The third-order valence-corrected chi connectivity index (χ3v) is 2.49. The van der Waals surface area contributed by atoms with Gasteiger partial charge in [0, 0.05) is 5.70 Å². The fourth-order valence-electron chi connectivity index (χ4n) is 1.68. The minimum absolute atomic E-state index is 0.194. The van der Waals surface area contributed by atoms with Crippen LogP contribution in [0.25, 0.3) is 0 Å². The van der Waals surface area contributed by atoms with Gasteiger partial charge in [0.15, 0.2) is 5.78 Å². The van der Waals surface area contributed by atoms with Crippen molar-refractivity contribution in [3.05, 3.63) is 23.9 Å². The number of hydrogen-bond acceptors (Lipinski definition) is 4. The zero-order chi connectivity index (χ0) is 10.9. The number of allylic oxidation sites excluding steroid dienone is 2. The molecule has 0 saturated heterocycles. The van der Waals surface area contributed by atoms with E-state index in [1.165, 1.54) is 19.9 Å². The molecule has 0 amide bonds. The van der Waals surface area contributed by atoms with E-state index >= 15 is 0 Å². The molecule has 0 saturated carbocycles. The van der Waals surface area contributed by atoms with Crippen molar-refractivity contribution in [3.8, 4) is 0 Å². The number of ketones is 2. The van der Waals surface area contributed by atoms with Gasteiger partial charge >= 0.3 is 0 Å². The molecule has 76 valence electrons. The molecule has 2 unspecified atom stereocenters. The maximum atomic E-state index is 11.4. The number of hydrogen-bond donors (Lipinski definition) is 2. The molecule has 0 radical (unpaired) electrons. The van der Waals surface area contributed by atoms with Gasteiger partial charge in [0.1, 0.15) is 11.3 Å². The van der Waals surface area contributed by atoms with Crippen molar-refractivity contribution < 1.29 is 9.59 Å². The van der Waals surface area contributed by atoms with E-state index in [0.717, 1.165) is 0 Å². The summed E-state index contributed by atoms with van der Waals surface area (Å²) in [7, 11) is 0. The quantitative estimate of drug-likeness (QED) is 0.642. The number of nitrogens with two attached hydrogens (primary N) is 2. The van der Waals surface area contributed by atoms with Crippen molar-refractivity contribution in [2.75, 3.05) is 0 Å². The number of Topliss-reactive ketones (excluding diaryl/α,β-unsaturated/α-hetero) is 2. The van der Waals surface area contributed by atoms with Crippen LogP contribution in [0.15, 0.2) is 23.9 Å². The van der Waals surface area contributed by atoms with E-state index in [2.05, 4.69) is 0 Å². The van der Waals surface area contributed by atoms with E-state index in [0.29, 0.717) is 5.70 Å². The van der Waals surface area contributed by atoms with E-state index in [1.54, 1.807) is 12.2 Å². The summed E-state index contributed by atoms with van der Waals surface area (Å²) in [5.74, 6) is -1.18. The van der Waals surface area contributed by atoms with Crippen LogP contribution in [-0.2, 0) is 9.59 Å². The van der Waals surface area contributed by atoms with Crippen LogP contribution in [0.4, 0.5) is 0 Å². The highest BCUT2D eigenvalue weighted by Crippen LogP contribution is 2.27. The first-order valence-corrected chi connectivity index (χ1v) is 4.35. The molecule has 0 spiro atoms. The normalized spacial score (nSPS) is 31.1. The minimum atomic E-state index is -1.27. The predicted molar refractivity (Wildman–Crippen MR) is 53.2 cm³/mol. The first kappa shape index (κ1) is 10.7. The largest absolute Gasteiger partial charge is 0.401 e. The second kappa shape index (κ2) is 3.38. The minimum Gasteiger partial charge on any atom is -0.401 e. The molecule has 0 aromatic rings. The van der Waals surface area contributed by atoms with Crippen LogP contribution in [0.5, 0.6) is 0 Å². The Labute approximate surface area is 82.6 Å². The topological polar surface area (TPSA) is 86.2 Å². The Morgan fingerprint density at radius 3 is 2.36 bits per heavy atom. The molecule has 0 bridgehead atoms. The first-order valence-electron chi connectivity index (χ1n) is 4.35. The summed E-state index contributed by atoms with van der Waals surface area (Å²) < 4.78 is 0. The average Bonchev–Trinajstić information content (AvgIpc) is 2.02. The molecule has 0 heterocycles. The molecule has 0 aliphatic heterocycles. The summed E-state index contributed by atoms with van der Waals surface area (Å²) in [6.07, 6.45) is 4.73. The van der Waals surface area contributed by atoms with Crippen LogP contribution < -0.4 is 11.5 Å². The highest BCUT2D eigenvalue weighted by atomic mass is 16.1. The second-order valence-corrected chi connectivity index (χ2v) is 3.56. The SMILES string of the molecule is CC(=O)C1C(N)=CC=CC1(N)C(C)=O. The lowest BCUT2D eigenvalue weighted by Gasteiger charge is -2.33. The van der Waals surface area contributed by atoms with Gasteiger partial charge in [-0.1, -0.05) is 12.2 Å². The van der Waals surface area contributed by atoms with Crippen LogP contribution >= 0.6 is 0 Å². The maximum Gasteiger partial charge on any atom is 0.154 e. The fraction of sp³-hybridized carbons (Fsp3) is 0.400. The van der Waals surface area contributed by atoms with Crippen LogP contribution in [0.2, 0.25) is 0 Å².